The maximum Gasteiger partial charge on any atom is 0.333 e. The van der Waals surface area contributed by atoms with Crippen LogP contribution in [0.4, 0.5) is 45.5 Å². The van der Waals surface area contributed by atoms with E-state index < -0.39 is 0 Å². The summed E-state index contributed by atoms with van der Waals surface area (Å²) in [6, 6.07) is 98.4. The SMILES string of the molecule is Cc1ccccc1N1c2cc(-c3ccccc3)ccc2B2c3c(cc(C(C)(C)C)cc31)-c1cc(N(c3ccc(-c4ccccc4)cc3)c3ccc(-c4ccccc4)cc3)ccc1N2c1ccc(-c2ccccc2)cc1. The van der Waals surface area contributed by atoms with Gasteiger partial charge in [0.2, 0.25) is 0 Å². The molecule has 0 fully saturated rings. The van der Waals surface area contributed by atoms with E-state index in [1.54, 1.807) is 0 Å². The van der Waals surface area contributed by atoms with Crippen LogP contribution in [-0.2, 0) is 5.41 Å². The van der Waals surface area contributed by atoms with E-state index in [4.69, 9.17) is 0 Å². The fourth-order valence-corrected chi connectivity index (χ4v) is 11.4. The third-order valence-electron chi connectivity index (χ3n) is 15.3. The van der Waals surface area contributed by atoms with Crippen LogP contribution in [0.5, 0.6) is 0 Å². The Kier molecular flexibility index (Phi) is 11.4. The Morgan fingerprint density at radius 3 is 1.32 bits per heavy atom. The van der Waals surface area contributed by atoms with Crippen molar-refractivity contribution in [3.05, 3.63) is 278 Å². The molecule has 0 amide bonds. The first-order valence-electron chi connectivity index (χ1n) is 26.2. The molecule has 0 unspecified atom stereocenters. The van der Waals surface area contributed by atoms with Crippen LogP contribution in [-0.4, -0.2) is 6.85 Å². The molecular formula is C71H56BN3. The molecule has 0 N–H and O–H groups in total. The molecule has 0 saturated heterocycles. The predicted molar refractivity (Wildman–Crippen MR) is 320 cm³/mol. The van der Waals surface area contributed by atoms with Gasteiger partial charge in [-0.05, 0) is 157 Å². The summed E-state index contributed by atoms with van der Waals surface area (Å²) in [5, 5.41) is 0. The van der Waals surface area contributed by atoms with Gasteiger partial charge in [0.15, 0.2) is 0 Å². The standard InChI is InChI=1S/C71H56BN3/c1-49-19-17-18-28-66(49)74-68-45-57(53-26-15-8-16-27-53)35-43-65(68)72-70-64(46-58(47-69(70)74)71(2,3)4)63-48-62(42-44-67(63)75(72)61-40-33-56(34-41-61)52-24-13-7-14-25-52)73(59-36-29-54(30-37-59)50-20-9-5-10-21-50)60-38-31-55(32-39-60)51-22-11-6-12-23-51/h5-48H,1-4H3. The fourth-order valence-electron chi connectivity index (χ4n) is 11.4. The van der Waals surface area contributed by atoms with Crippen LogP contribution in [0.25, 0.3) is 55.6 Å². The zero-order valence-electron chi connectivity index (χ0n) is 42.8. The summed E-state index contributed by atoms with van der Waals surface area (Å²) in [7, 11) is 0. The van der Waals surface area contributed by atoms with E-state index in [9.17, 15) is 0 Å². The second kappa shape index (κ2) is 18.7. The molecule has 0 saturated carbocycles. The number of anilines is 8. The predicted octanol–water partition coefficient (Wildman–Crippen LogP) is 18.1. The van der Waals surface area contributed by atoms with Crippen LogP contribution >= 0.6 is 0 Å². The zero-order valence-corrected chi connectivity index (χ0v) is 42.8. The molecule has 2 aliphatic heterocycles. The van der Waals surface area contributed by atoms with Crippen LogP contribution < -0.4 is 25.5 Å². The van der Waals surface area contributed by atoms with Crippen molar-refractivity contribution in [2.24, 2.45) is 0 Å². The van der Waals surface area contributed by atoms with Crippen LogP contribution in [0.1, 0.15) is 31.9 Å². The molecule has 0 atom stereocenters. The molecule has 2 aliphatic rings. The van der Waals surface area contributed by atoms with Gasteiger partial charge in [-0.2, -0.15) is 0 Å². The second-order valence-corrected chi connectivity index (χ2v) is 21.0. The molecular weight excluding hydrogens is 906 g/mol. The third-order valence-corrected chi connectivity index (χ3v) is 15.3. The van der Waals surface area contributed by atoms with Crippen LogP contribution in [0.3, 0.4) is 0 Å². The van der Waals surface area contributed by atoms with E-state index in [0.717, 1.165) is 22.7 Å². The van der Waals surface area contributed by atoms with E-state index in [-0.39, 0.29) is 12.3 Å². The molecule has 0 aliphatic carbocycles. The molecule has 0 spiro atoms. The van der Waals surface area contributed by atoms with Crippen LogP contribution in [0, 0.1) is 6.92 Å². The summed E-state index contributed by atoms with van der Waals surface area (Å²) in [6.07, 6.45) is 0. The zero-order chi connectivity index (χ0) is 50.6. The van der Waals surface area contributed by atoms with Gasteiger partial charge in [-0.15, -0.1) is 0 Å². The smallest absolute Gasteiger partial charge is 0.333 e. The Bertz CT molecular complexity index is 3770. The molecule has 4 heteroatoms. The third kappa shape index (κ3) is 8.29. The Morgan fingerprint density at radius 2 is 0.800 bits per heavy atom. The van der Waals surface area contributed by atoms with Crippen molar-refractivity contribution in [1.29, 1.82) is 0 Å². The molecule has 11 aromatic rings. The van der Waals surface area contributed by atoms with Gasteiger partial charge in [-0.3, -0.25) is 0 Å². The molecule has 3 nitrogen and oxygen atoms in total. The van der Waals surface area contributed by atoms with Gasteiger partial charge in [0.25, 0.3) is 0 Å². The number of para-hydroxylation sites is 1. The Hall–Kier alpha value is -9.12. The summed E-state index contributed by atoms with van der Waals surface area (Å²) in [5.74, 6) is 0. The lowest BCUT2D eigenvalue weighted by molar-refractivity contribution is 0.590. The highest BCUT2D eigenvalue weighted by molar-refractivity contribution is 6.93. The molecule has 11 aromatic carbocycles. The number of rotatable bonds is 9. The quantitative estimate of drug-likeness (QED) is 0.134. The largest absolute Gasteiger partial charge is 0.376 e. The van der Waals surface area contributed by atoms with Crippen molar-refractivity contribution in [2.45, 2.75) is 33.1 Å². The summed E-state index contributed by atoms with van der Waals surface area (Å²) in [5.41, 5.74) is 26.1. The number of fused-ring (bicyclic) bond motifs is 4. The summed E-state index contributed by atoms with van der Waals surface area (Å²) in [4.78, 5) is 7.62. The molecule has 13 rings (SSSR count). The molecule has 0 bridgehead atoms. The van der Waals surface area contributed by atoms with E-state index >= 15 is 0 Å². The van der Waals surface area contributed by atoms with E-state index in [2.05, 4.69) is 309 Å². The lowest BCUT2D eigenvalue weighted by atomic mass is 9.43. The fraction of sp³-hybridized carbons (Fsp3) is 0.0704. The van der Waals surface area contributed by atoms with E-state index in [1.165, 1.54) is 100 Å². The first-order valence-corrected chi connectivity index (χ1v) is 26.2. The monoisotopic (exact) mass is 961 g/mol. The molecule has 0 aromatic heterocycles. The minimum absolute atomic E-state index is 0.141. The lowest BCUT2D eigenvalue weighted by Crippen LogP contribution is -2.61. The van der Waals surface area contributed by atoms with Gasteiger partial charge in [0, 0.05) is 51.1 Å². The van der Waals surface area contributed by atoms with E-state index in [0.29, 0.717) is 0 Å². The first-order chi connectivity index (χ1) is 36.7. The van der Waals surface area contributed by atoms with Gasteiger partial charge in [-0.25, -0.2) is 0 Å². The van der Waals surface area contributed by atoms with Crippen molar-refractivity contribution >= 4 is 63.3 Å². The van der Waals surface area contributed by atoms with Gasteiger partial charge < -0.3 is 14.6 Å². The Morgan fingerprint density at radius 1 is 0.347 bits per heavy atom. The highest BCUT2D eigenvalue weighted by Crippen LogP contribution is 2.51. The van der Waals surface area contributed by atoms with Crippen molar-refractivity contribution in [3.8, 4) is 55.6 Å². The average Bonchev–Trinajstić information content (AvgIpc) is 3.47. The Labute approximate surface area is 442 Å². The topological polar surface area (TPSA) is 9.72 Å². The normalized spacial score (nSPS) is 12.5. The second-order valence-electron chi connectivity index (χ2n) is 21.0. The number of benzene rings is 11. The van der Waals surface area contributed by atoms with Gasteiger partial charge in [-0.1, -0.05) is 215 Å². The molecule has 75 heavy (non-hydrogen) atoms. The van der Waals surface area contributed by atoms with Crippen molar-refractivity contribution in [2.75, 3.05) is 14.6 Å². The van der Waals surface area contributed by atoms with E-state index in [1.807, 2.05) is 0 Å². The molecule has 0 radical (unpaired) electrons. The number of hydrogen-bond acceptors (Lipinski definition) is 3. The van der Waals surface area contributed by atoms with Gasteiger partial charge >= 0.3 is 6.85 Å². The van der Waals surface area contributed by atoms with Crippen molar-refractivity contribution < 1.29 is 0 Å². The summed E-state index contributed by atoms with van der Waals surface area (Å²) in [6.45, 7) is 9.15. The summed E-state index contributed by atoms with van der Waals surface area (Å²) < 4.78 is 0. The van der Waals surface area contributed by atoms with Crippen LogP contribution in [0.15, 0.2) is 267 Å². The average molecular weight is 962 g/mol. The van der Waals surface area contributed by atoms with Crippen molar-refractivity contribution in [3.63, 3.8) is 0 Å². The lowest BCUT2D eigenvalue weighted by Gasteiger charge is -2.47. The molecule has 358 valence electrons. The van der Waals surface area contributed by atoms with Crippen LogP contribution in [0.2, 0.25) is 0 Å². The number of hydrogen-bond donors (Lipinski definition) is 0. The first kappa shape index (κ1) is 45.7. The number of aryl methyl sites for hydroxylation is 1. The molecule has 2 heterocycles. The highest BCUT2D eigenvalue weighted by Gasteiger charge is 2.46. The maximum absolute atomic E-state index is 2.63. The Balaban J connectivity index is 1.07. The minimum Gasteiger partial charge on any atom is -0.376 e. The maximum atomic E-state index is 2.63. The minimum atomic E-state index is -0.153. The van der Waals surface area contributed by atoms with Gasteiger partial charge in [0.1, 0.15) is 0 Å². The highest BCUT2D eigenvalue weighted by atomic mass is 15.2. The van der Waals surface area contributed by atoms with Crippen molar-refractivity contribution in [1.82, 2.24) is 0 Å². The number of nitrogens with zero attached hydrogens (tertiary/aromatic N) is 3. The van der Waals surface area contributed by atoms with Gasteiger partial charge in [0.05, 0.1) is 0 Å². The summed E-state index contributed by atoms with van der Waals surface area (Å²) >= 11 is 0.